The van der Waals surface area contributed by atoms with Crippen LogP contribution in [0.4, 0.5) is 0 Å². The summed E-state index contributed by atoms with van der Waals surface area (Å²) in [5, 5.41) is 2.97. The number of nitrogens with one attached hydrogen (secondary N) is 1. The van der Waals surface area contributed by atoms with E-state index in [0.29, 0.717) is 277 Å². The average molecular weight is 1380 g/mol. The van der Waals surface area contributed by atoms with Crippen LogP contribution in [0.2, 0.25) is 0 Å². The highest BCUT2D eigenvalue weighted by atomic mass is 32.2. The zero-order valence-corrected chi connectivity index (χ0v) is 58.6. The normalized spacial score (nSPS) is 11.7. The van der Waals surface area contributed by atoms with Crippen molar-refractivity contribution in [3.05, 3.63) is 108 Å². The van der Waals surface area contributed by atoms with Crippen LogP contribution in [-0.2, 0) is 104 Å². The van der Waals surface area contributed by atoms with Gasteiger partial charge in [0.15, 0.2) is 0 Å². The molecule has 1 N–H and O–H groups in total. The van der Waals surface area contributed by atoms with Crippen LogP contribution in [0, 0.1) is 12.3 Å². The van der Waals surface area contributed by atoms with Crippen LogP contribution in [0.5, 0.6) is 0 Å². The van der Waals surface area contributed by atoms with Gasteiger partial charge in [0, 0.05) is 13.0 Å². The first-order valence-electron chi connectivity index (χ1n) is 34.8. The number of ether oxygens (including phenoxy) is 20. The Balaban J connectivity index is 0.890. The molecule has 0 aliphatic rings. The molecule has 23 heteroatoms. The molecule has 22 nitrogen and oxygen atoms in total. The Morgan fingerprint density at radius 3 is 0.740 bits per heavy atom. The molecule has 0 aromatic heterocycles. The van der Waals surface area contributed by atoms with Gasteiger partial charge in [0.05, 0.1) is 262 Å². The van der Waals surface area contributed by atoms with Gasteiger partial charge in [-0.2, -0.15) is 0 Å². The van der Waals surface area contributed by atoms with Crippen LogP contribution in [0.3, 0.4) is 0 Å². The van der Waals surface area contributed by atoms with Crippen LogP contribution in [0.25, 0.3) is 0 Å². The molecule has 3 aromatic carbocycles. The largest absolute Gasteiger partial charge is 0.377 e. The minimum Gasteiger partial charge on any atom is -0.377 e. The highest BCUT2D eigenvalue weighted by Gasteiger charge is 2.36. The van der Waals surface area contributed by atoms with Crippen LogP contribution >= 0.6 is 11.8 Å². The molecule has 0 spiro atoms. The van der Waals surface area contributed by atoms with Crippen molar-refractivity contribution >= 4 is 17.7 Å². The molecule has 0 heterocycles. The second-order valence-corrected chi connectivity index (χ2v) is 22.8. The molecule has 0 bridgehead atoms. The quantitative estimate of drug-likeness (QED) is 0.0320. The molecule has 0 saturated heterocycles. The van der Waals surface area contributed by atoms with Crippen molar-refractivity contribution in [2.45, 2.75) is 62.5 Å². The fraction of sp³-hybridized carbons (Fsp3) is 0.712. The van der Waals surface area contributed by atoms with E-state index in [-0.39, 0.29) is 10.7 Å². The third kappa shape index (κ3) is 52.3. The van der Waals surface area contributed by atoms with Gasteiger partial charge in [-0.1, -0.05) is 135 Å². The van der Waals surface area contributed by atoms with Crippen molar-refractivity contribution in [3.8, 4) is 12.3 Å². The monoisotopic (exact) mass is 1380 g/mol. The van der Waals surface area contributed by atoms with Gasteiger partial charge in [0.2, 0.25) is 5.91 Å². The first kappa shape index (κ1) is 86.5. The van der Waals surface area contributed by atoms with E-state index in [2.05, 4.69) is 114 Å². The Hall–Kier alpha value is -3.76. The summed E-state index contributed by atoms with van der Waals surface area (Å²) in [6.07, 6.45) is 15.0. The van der Waals surface area contributed by atoms with Gasteiger partial charge in [-0.05, 0) is 35.3 Å². The molecule has 3 rings (SSSR count). The van der Waals surface area contributed by atoms with Crippen LogP contribution in [0.1, 0.15) is 74.5 Å². The molecule has 96 heavy (non-hydrogen) atoms. The minimum atomic E-state index is -0.245. The van der Waals surface area contributed by atoms with Gasteiger partial charge < -0.3 is 100 Å². The number of amides is 1. The van der Waals surface area contributed by atoms with E-state index in [0.717, 1.165) is 18.6 Å². The summed E-state index contributed by atoms with van der Waals surface area (Å²) in [5.74, 6) is 3.59. The average Bonchev–Trinajstić information content (AvgIpc) is 0.770. The van der Waals surface area contributed by atoms with Gasteiger partial charge in [0.25, 0.3) is 0 Å². The lowest BCUT2D eigenvalue weighted by Gasteiger charge is -2.35. The first-order valence-corrected chi connectivity index (χ1v) is 35.8. The minimum absolute atomic E-state index is 0.0912. The van der Waals surface area contributed by atoms with E-state index >= 15 is 0 Å². The van der Waals surface area contributed by atoms with Crippen molar-refractivity contribution in [1.29, 1.82) is 0 Å². The molecule has 0 fully saturated rings. The number of unbranched alkanes of at least 4 members (excludes halogenated alkanes) is 7. The van der Waals surface area contributed by atoms with Gasteiger partial charge >= 0.3 is 0 Å². The van der Waals surface area contributed by atoms with Gasteiger partial charge in [-0.25, -0.2) is 0 Å². The maximum Gasteiger partial charge on any atom is 0.220 e. The molecule has 0 unspecified atom stereocenters. The Morgan fingerprint density at radius 2 is 0.500 bits per heavy atom. The van der Waals surface area contributed by atoms with Crippen molar-refractivity contribution in [1.82, 2.24) is 5.32 Å². The van der Waals surface area contributed by atoms with E-state index in [1.807, 2.05) is 0 Å². The number of carbonyl (C=O) groups excluding carboxylic acids is 1. The first-order chi connectivity index (χ1) is 47.8. The van der Waals surface area contributed by atoms with Crippen molar-refractivity contribution in [2.75, 3.05) is 277 Å². The highest BCUT2D eigenvalue weighted by Crippen LogP contribution is 2.48. The zero-order valence-electron chi connectivity index (χ0n) is 57.8. The predicted octanol–water partition coefficient (Wildman–Crippen LogP) is 8.30. The summed E-state index contributed by atoms with van der Waals surface area (Å²) >= 11 is 2.05. The summed E-state index contributed by atoms with van der Waals surface area (Å²) in [7, 11) is 0. The summed E-state index contributed by atoms with van der Waals surface area (Å²) in [6.45, 7) is 19.8. The third-order valence-electron chi connectivity index (χ3n) is 14.0. The maximum atomic E-state index is 12.3. The van der Waals surface area contributed by atoms with Crippen molar-refractivity contribution in [2.24, 2.45) is 0 Å². The van der Waals surface area contributed by atoms with E-state index < -0.39 is 0 Å². The lowest BCUT2D eigenvalue weighted by molar-refractivity contribution is -0.121. The van der Waals surface area contributed by atoms with Gasteiger partial charge in [0.1, 0.15) is 6.61 Å². The number of terminal acetylenes is 1. The fourth-order valence-electron chi connectivity index (χ4n) is 9.10. The van der Waals surface area contributed by atoms with Crippen molar-refractivity contribution in [3.63, 3.8) is 0 Å². The zero-order chi connectivity index (χ0) is 67.7. The number of hydrogen-bond donors (Lipinski definition) is 1. The standard InChI is InChI=1S/C73H119NO21S/c1-2-28-76-30-32-78-34-36-80-38-40-82-42-44-84-46-48-86-50-52-88-54-56-90-58-60-92-62-64-94-66-67-95-65-63-93-61-59-91-57-55-89-53-51-87-49-47-85-45-43-83-41-39-81-37-35-79-33-31-77-29-27-74-72(75)26-18-7-5-3-4-6-8-19-68-96-73(69-20-12-9-13-21-69,70-22-14-10-15-23-70)71-24-16-11-17-25-71/h1,9-17,20-25H,3-8,18-19,26-68H2,(H,74,75). The SMILES string of the molecule is C#CCOCCOCCOCCOCCOCCOCCOCCOCCOCCOCCOCCOCCOCCOCCOCCOCCOCCOCCOCCOCCNC(=O)CCCCCCCCCCSC(c1ccccc1)(c1ccccc1)c1ccccc1. The third-order valence-corrected chi connectivity index (χ3v) is 15.6. The molecule has 0 saturated carbocycles. The highest BCUT2D eigenvalue weighted by molar-refractivity contribution is 8.00. The molecular formula is C73H119NO21S. The van der Waals surface area contributed by atoms with E-state index in [4.69, 9.17) is 101 Å². The summed E-state index contributed by atoms with van der Waals surface area (Å²) in [6, 6.07) is 32.8. The second kappa shape index (κ2) is 69.7. The van der Waals surface area contributed by atoms with Crippen LogP contribution in [0.15, 0.2) is 91.0 Å². The molecule has 0 atom stereocenters. The molecule has 0 aliphatic carbocycles. The molecule has 0 radical (unpaired) electrons. The summed E-state index contributed by atoms with van der Waals surface area (Å²) in [5.41, 5.74) is 3.96. The Labute approximate surface area is 579 Å². The predicted molar refractivity (Wildman–Crippen MR) is 371 cm³/mol. The van der Waals surface area contributed by atoms with Crippen LogP contribution < -0.4 is 5.32 Å². The van der Waals surface area contributed by atoms with Crippen molar-refractivity contribution < 1.29 is 99.5 Å². The topological polar surface area (TPSA) is 214 Å². The molecule has 0 aliphatic heterocycles. The number of rotatable bonds is 76. The Morgan fingerprint density at radius 1 is 0.292 bits per heavy atom. The second-order valence-electron chi connectivity index (χ2n) is 21.4. The number of carbonyl (C=O) groups is 1. The number of benzene rings is 3. The summed E-state index contributed by atoms with van der Waals surface area (Å²) in [4.78, 5) is 12.3. The summed E-state index contributed by atoms with van der Waals surface area (Å²) < 4.78 is 110. The van der Waals surface area contributed by atoms with Crippen LogP contribution in [-0.4, -0.2) is 282 Å². The Bertz CT molecular complexity index is 2010. The lowest BCUT2D eigenvalue weighted by Crippen LogP contribution is -2.27. The van der Waals surface area contributed by atoms with E-state index in [9.17, 15) is 4.79 Å². The molecule has 1 amide bonds. The molecule has 3 aromatic rings. The molecule has 548 valence electrons. The van der Waals surface area contributed by atoms with Gasteiger partial charge in [-0.15, -0.1) is 18.2 Å². The molecular weight excluding hydrogens is 1260 g/mol. The Kier molecular flexibility index (Phi) is 62.8. The number of thioether (sulfide) groups is 1. The maximum absolute atomic E-state index is 12.3. The fourth-order valence-corrected chi connectivity index (χ4v) is 10.7. The van der Waals surface area contributed by atoms with E-state index in [1.165, 1.54) is 55.2 Å². The van der Waals surface area contributed by atoms with E-state index in [1.54, 1.807) is 0 Å². The lowest BCUT2D eigenvalue weighted by atomic mass is 9.84. The number of hydrogen-bond acceptors (Lipinski definition) is 22. The smallest absolute Gasteiger partial charge is 0.220 e. The van der Waals surface area contributed by atoms with Gasteiger partial charge in [-0.3, -0.25) is 4.79 Å².